The Kier molecular flexibility index (Phi) is 8.23. The van der Waals surface area contributed by atoms with Crippen LogP contribution in [-0.2, 0) is 4.79 Å². The molecule has 36 heavy (non-hydrogen) atoms. The van der Waals surface area contributed by atoms with Gasteiger partial charge >= 0.3 is 5.97 Å². The Morgan fingerprint density at radius 2 is 2.03 bits per heavy atom. The molecule has 0 radical (unpaired) electrons. The highest BCUT2D eigenvalue weighted by Gasteiger charge is 2.37. The van der Waals surface area contributed by atoms with Gasteiger partial charge in [-0.2, -0.15) is 0 Å². The fourth-order valence-electron chi connectivity index (χ4n) is 5.05. The number of carboxylic acid groups (broad SMARTS) is 1. The number of halogens is 1. The van der Waals surface area contributed by atoms with E-state index in [2.05, 4.69) is 14.9 Å². The molecule has 1 fully saturated rings. The van der Waals surface area contributed by atoms with Crippen LogP contribution in [0, 0.1) is 11.2 Å². The molecule has 0 bridgehead atoms. The second kappa shape index (κ2) is 11.4. The van der Waals surface area contributed by atoms with Gasteiger partial charge in [-0.15, -0.1) is 0 Å². The number of hydrogen-bond acceptors (Lipinski definition) is 7. The predicted octanol–water partition coefficient (Wildman–Crippen LogP) is 4.57. The molecule has 1 saturated heterocycles. The Bertz CT molecular complexity index is 1230. The highest BCUT2D eigenvalue weighted by atomic mass is 32.1. The molecule has 190 valence electrons. The highest BCUT2D eigenvalue weighted by molar-refractivity contribution is 7.80. The smallest absolute Gasteiger partial charge is 0.303 e. The fourth-order valence-corrected chi connectivity index (χ4v) is 5.36. The summed E-state index contributed by atoms with van der Waals surface area (Å²) in [6, 6.07) is 10.8. The molecule has 3 aromatic rings. The zero-order chi connectivity index (χ0) is 25.7. The average Bonchev–Trinajstić information content (AvgIpc) is 2.88. The quantitative estimate of drug-likeness (QED) is 0.302. The summed E-state index contributed by atoms with van der Waals surface area (Å²) in [6.45, 7) is 1.98. The lowest BCUT2D eigenvalue weighted by Crippen LogP contribution is -2.43. The number of thiocarbonyl (C=S) groups is 1. The molecule has 1 aromatic carbocycles. The number of nitrogens with zero attached hydrogens (tertiary/aromatic N) is 3. The van der Waals surface area contributed by atoms with Crippen LogP contribution in [0.4, 0.5) is 4.39 Å². The summed E-state index contributed by atoms with van der Waals surface area (Å²) in [5, 5.41) is 21.2. The maximum atomic E-state index is 14.8. The molecule has 0 unspecified atom stereocenters. The van der Waals surface area contributed by atoms with Gasteiger partial charge in [-0.05, 0) is 74.5 Å². The molecule has 0 spiro atoms. The van der Waals surface area contributed by atoms with Gasteiger partial charge in [0, 0.05) is 23.7 Å². The summed E-state index contributed by atoms with van der Waals surface area (Å²) in [6.07, 6.45) is 3.76. The Labute approximate surface area is 214 Å². The number of carbonyl (C=O) groups is 1. The van der Waals surface area contributed by atoms with Gasteiger partial charge < -0.3 is 14.9 Å². The number of piperidine rings is 1. The number of aromatic nitrogens is 2. The first-order valence-corrected chi connectivity index (χ1v) is 12.4. The Morgan fingerprint density at radius 1 is 1.25 bits per heavy atom. The monoisotopic (exact) mass is 511 g/mol. The van der Waals surface area contributed by atoms with Crippen molar-refractivity contribution in [3.8, 4) is 5.75 Å². The number of rotatable bonds is 10. The number of pyridine rings is 2. The molecule has 1 aliphatic heterocycles. The maximum absolute atomic E-state index is 14.8. The van der Waals surface area contributed by atoms with Crippen LogP contribution in [0.1, 0.15) is 49.5 Å². The first-order chi connectivity index (χ1) is 17.3. The van der Waals surface area contributed by atoms with E-state index in [1.807, 2.05) is 18.2 Å². The number of likely N-dealkylation sites (tertiary alicyclic amines) is 1. The maximum Gasteiger partial charge on any atom is 0.303 e. The summed E-state index contributed by atoms with van der Waals surface area (Å²) in [5.74, 6) is -0.915. The lowest BCUT2D eigenvalue weighted by atomic mass is 9.71. The number of ether oxygens (including phenoxy) is 1. The van der Waals surface area contributed by atoms with Crippen LogP contribution in [0.3, 0.4) is 0 Å². The minimum atomic E-state index is -1.09. The molecular formula is C27H30FN3O4S. The first-order valence-electron chi connectivity index (χ1n) is 12.0. The van der Waals surface area contributed by atoms with Gasteiger partial charge in [0.15, 0.2) is 0 Å². The minimum Gasteiger partial charge on any atom is -0.497 e. The van der Waals surface area contributed by atoms with Gasteiger partial charge in [0.05, 0.1) is 41.9 Å². The number of carboxylic acids is 1. The van der Waals surface area contributed by atoms with Crippen LogP contribution in [0.5, 0.6) is 5.75 Å². The predicted molar refractivity (Wildman–Crippen MR) is 139 cm³/mol. The van der Waals surface area contributed by atoms with Crippen molar-refractivity contribution in [1.29, 1.82) is 0 Å². The largest absolute Gasteiger partial charge is 0.497 e. The van der Waals surface area contributed by atoms with E-state index in [1.165, 1.54) is 7.11 Å². The molecular weight excluding hydrogens is 481 g/mol. The molecule has 0 saturated carbocycles. The van der Waals surface area contributed by atoms with E-state index in [-0.39, 0.29) is 18.4 Å². The summed E-state index contributed by atoms with van der Waals surface area (Å²) in [7, 11) is 1.52. The second-order valence-corrected chi connectivity index (χ2v) is 9.93. The van der Waals surface area contributed by atoms with E-state index >= 15 is 0 Å². The van der Waals surface area contributed by atoms with E-state index in [1.54, 1.807) is 24.4 Å². The molecule has 0 aliphatic carbocycles. The topological polar surface area (TPSA) is 95.8 Å². The standard InChI is InChI=1S/C27H30FN3O4S/c1-35-18-5-6-21-19(14-18)26(20(28)16-30-21)23(32)7-8-27(15-25(33)34)9-12-31(13-10-27)17-24(36)22-4-2-3-11-29-22/h2-6,11,14,16,23,32H,7-10,12-13,15,17H2,1H3,(H,33,34)/t23-/m1/s1. The molecule has 1 aliphatic rings. The second-order valence-electron chi connectivity index (χ2n) is 9.44. The van der Waals surface area contributed by atoms with Gasteiger partial charge in [0.1, 0.15) is 11.6 Å². The van der Waals surface area contributed by atoms with E-state index in [0.29, 0.717) is 55.5 Å². The van der Waals surface area contributed by atoms with Gasteiger partial charge in [0.2, 0.25) is 0 Å². The van der Waals surface area contributed by atoms with Crippen LogP contribution < -0.4 is 4.74 Å². The van der Waals surface area contributed by atoms with Crippen molar-refractivity contribution in [1.82, 2.24) is 14.9 Å². The van der Waals surface area contributed by atoms with Crippen molar-refractivity contribution in [2.75, 3.05) is 26.7 Å². The van der Waals surface area contributed by atoms with Gasteiger partial charge in [-0.3, -0.25) is 19.7 Å². The Morgan fingerprint density at radius 3 is 2.69 bits per heavy atom. The minimum absolute atomic E-state index is 0.00560. The third kappa shape index (κ3) is 6.03. The highest BCUT2D eigenvalue weighted by Crippen LogP contribution is 2.42. The molecule has 2 N–H and O–H groups in total. The zero-order valence-electron chi connectivity index (χ0n) is 20.2. The molecule has 1 atom stereocenters. The third-order valence-corrected chi connectivity index (χ3v) is 7.45. The van der Waals surface area contributed by atoms with Gasteiger partial charge in [0.25, 0.3) is 0 Å². The van der Waals surface area contributed by atoms with Gasteiger partial charge in [-0.25, -0.2) is 4.39 Å². The fraction of sp³-hybridized carbons (Fsp3) is 0.407. The average molecular weight is 512 g/mol. The van der Waals surface area contributed by atoms with Crippen LogP contribution >= 0.6 is 12.2 Å². The van der Waals surface area contributed by atoms with E-state index in [4.69, 9.17) is 17.0 Å². The lowest BCUT2D eigenvalue weighted by molar-refractivity contribution is -0.141. The third-order valence-electron chi connectivity index (χ3n) is 7.11. The van der Waals surface area contributed by atoms with Crippen molar-refractivity contribution in [2.24, 2.45) is 5.41 Å². The Hall–Kier alpha value is -3.01. The number of aliphatic hydroxyl groups is 1. The Balaban J connectivity index is 1.45. The number of fused-ring (bicyclic) bond motifs is 1. The summed E-state index contributed by atoms with van der Waals surface area (Å²) in [5.41, 5.74) is 1.03. The number of aliphatic carboxylic acids is 1. The zero-order valence-corrected chi connectivity index (χ0v) is 21.0. The van der Waals surface area contributed by atoms with Crippen molar-refractivity contribution in [2.45, 2.75) is 38.2 Å². The summed E-state index contributed by atoms with van der Waals surface area (Å²) < 4.78 is 20.1. The van der Waals surface area contributed by atoms with E-state index in [0.717, 1.165) is 16.8 Å². The van der Waals surface area contributed by atoms with Crippen LogP contribution in [0.15, 0.2) is 48.8 Å². The van der Waals surface area contributed by atoms with Crippen molar-refractivity contribution >= 4 is 34.0 Å². The molecule has 0 amide bonds. The van der Waals surface area contributed by atoms with E-state index < -0.39 is 23.3 Å². The van der Waals surface area contributed by atoms with Crippen LogP contribution in [0.2, 0.25) is 0 Å². The number of methoxy groups -OCH3 is 1. The van der Waals surface area contributed by atoms with Crippen LogP contribution in [0.25, 0.3) is 10.9 Å². The normalized spacial score (nSPS) is 16.5. The number of hydrogen-bond donors (Lipinski definition) is 2. The van der Waals surface area contributed by atoms with E-state index in [9.17, 15) is 19.4 Å². The van der Waals surface area contributed by atoms with Gasteiger partial charge in [-0.1, -0.05) is 18.3 Å². The first kappa shape index (κ1) is 26.1. The van der Waals surface area contributed by atoms with Crippen LogP contribution in [-0.4, -0.2) is 62.7 Å². The molecule has 7 nitrogen and oxygen atoms in total. The summed E-state index contributed by atoms with van der Waals surface area (Å²) >= 11 is 5.56. The molecule has 2 aromatic heterocycles. The summed E-state index contributed by atoms with van der Waals surface area (Å²) in [4.78, 5) is 23.1. The molecule has 4 rings (SSSR count). The number of aliphatic hydroxyl groups excluding tert-OH is 1. The van der Waals surface area contributed by atoms with Crippen molar-refractivity contribution in [3.05, 3.63) is 65.9 Å². The lowest BCUT2D eigenvalue weighted by Gasteiger charge is -2.41. The molecule has 3 heterocycles. The van der Waals surface area contributed by atoms with Crippen molar-refractivity contribution in [3.63, 3.8) is 0 Å². The van der Waals surface area contributed by atoms with Crippen molar-refractivity contribution < 1.29 is 24.1 Å². The SMILES string of the molecule is COc1ccc2ncc(F)c([C@H](O)CCC3(CC(=O)O)CCN(CC(=S)c4ccccn4)CC3)c2c1. The molecule has 9 heteroatoms. The number of benzene rings is 1.